The summed E-state index contributed by atoms with van der Waals surface area (Å²) < 4.78 is 1.22. The van der Waals surface area contributed by atoms with Crippen molar-refractivity contribution in [3.8, 4) is 0 Å². The lowest BCUT2D eigenvalue weighted by Gasteiger charge is -2.33. The van der Waals surface area contributed by atoms with Crippen molar-refractivity contribution in [1.82, 2.24) is 5.32 Å². The number of rotatable bonds is 3. The second kappa shape index (κ2) is 5.76. The van der Waals surface area contributed by atoms with Gasteiger partial charge in [0, 0.05) is 17.1 Å². The van der Waals surface area contributed by atoms with E-state index in [1.54, 1.807) is 0 Å². The lowest BCUT2D eigenvalue weighted by molar-refractivity contribution is 0.0296. The molecule has 0 amide bonds. The Bertz CT molecular complexity index is 459. The van der Waals surface area contributed by atoms with E-state index in [9.17, 15) is 5.11 Å². The maximum Gasteiger partial charge on any atom is 0.0787 e. The smallest absolute Gasteiger partial charge is 0.0787 e. The molecule has 3 rings (SSSR count). The summed E-state index contributed by atoms with van der Waals surface area (Å²) in [6.45, 7) is 0.726. The largest absolute Gasteiger partial charge is 0.389 e. The molecule has 1 atom stereocenters. The average molecular weight is 342 g/mol. The van der Waals surface area contributed by atoms with Crippen LogP contribution in [0.2, 0.25) is 0 Å². The molecule has 0 bridgehead atoms. The molecule has 19 heavy (non-hydrogen) atoms. The van der Waals surface area contributed by atoms with Gasteiger partial charge < -0.3 is 10.4 Å². The lowest BCUT2D eigenvalue weighted by Crippen LogP contribution is -2.44. The predicted molar refractivity (Wildman–Crippen MR) is 84.7 cm³/mol. The van der Waals surface area contributed by atoms with E-state index < -0.39 is 5.60 Å². The highest BCUT2D eigenvalue weighted by molar-refractivity contribution is 9.10. The van der Waals surface area contributed by atoms with Crippen molar-refractivity contribution in [2.75, 3.05) is 18.1 Å². The van der Waals surface area contributed by atoms with Gasteiger partial charge >= 0.3 is 0 Å². The quantitative estimate of drug-likeness (QED) is 0.884. The molecule has 1 fully saturated rings. The zero-order valence-electron chi connectivity index (χ0n) is 11.0. The minimum absolute atomic E-state index is 0.408. The van der Waals surface area contributed by atoms with Gasteiger partial charge in [-0.2, -0.15) is 11.8 Å². The molecule has 1 unspecified atom stereocenters. The molecule has 2 nitrogen and oxygen atoms in total. The van der Waals surface area contributed by atoms with Gasteiger partial charge in [-0.1, -0.05) is 28.1 Å². The Kier molecular flexibility index (Phi) is 4.22. The number of hydrogen-bond acceptors (Lipinski definition) is 3. The van der Waals surface area contributed by atoms with E-state index in [-0.39, 0.29) is 0 Å². The maximum atomic E-state index is 10.5. The average Bonchev–Trinajstić information content (AvgIpc) is 2.82. The second-order valence-electron chi connectivity index (χ2n) is 5.62. The Morgan fingerprint density at radius 2 is 2.16 bits per heavy atom. The molecule has 1 aromatic carbocycles. The van der Waals surface area contributed by atoms with Crippen LogP contribution >= 0.6 is 27.7 Å². The zero-order valence-corrected chi connectivity index (χ0v) is 13.4. The highest BCUT2D eigenvalue weighted by Gasteiger charge is 2.31. The first-order chi connectivity index (χ1) is 9.18. The van der Waals surface area contributed by atoms with E-state index in [0.29, 0.717) is 6.04 Å². The number of thioether (sulfide) groups is 1. The number of nitrogens with one attached hydrogen (secondary N) is 1. The van der Waals surface area contributed by atoms with Crippen LogP contribution in [0.1, 0.15) is 36.4 Å². The van der Waals surface area contributed by atoms with Crippen molar-refractivity contribution in [3.63, 3.8) is 0 Å². The highest BCUT2D eigenvalue weighted by atomic mass is 79.9. The molecule has 4 heteroatoms. The molecule has 1 saturated heterocycles. The summed E-state index contributed by atoms with van der Waals surface area (Å²) in [6, 6.07) is 6.85. The molecule has 1 aliphatic carbocycles. The number of halogens is 1. The van der Waals surface area contributed by atoms with Crippen molar-refractivity contribution < 1.29 is 5.11 Å². The minimum Gasteiger partial charge on any atom is -0.389 e. The maximum absolute atomic E-state index is 10.5. The fourth-order valence-electron chi connectivity index (χ4n) is 3.06. The number of benzene rings is 1. The van der Waals surface area contributed by atoms with Crippen LogP contribution in [0.25, 0.3) is 0 Å². The summed E-state index contributed by atoms with van der Waals surface area (Å²) in [6.07, 6.45) is 4.11. The van der Waals surface area contributed by atoms with Gasteiger partial charge in [0.05, 0.1) is 5.60 Å². The summed E-state index contributed by atoms with van der Waals surface area (Å²) >= 11 is 5.58. The van der Waals surface area contributed by atoms with Gasteiger partial charge in [-0.05, 0) is 54.4 Å². The lowest BCUT2D eigenvalue weighted by atomic mass is 9.96. The minimum atomic E-state index is -0.486. The predicted octanol–water partition coefficient (Wildman–Crippen LogP) is 3.28. The normalized spacial score (nSPS) is 25.3. The Labute approximate surface area is 127 Å². The molecular weight excluding hydrogens is 322 g/mol. The molecule has 2 aliphatic rings. The van der Waals surface area contributed by atoms with Crippen LogP contribution in [-0.4, -0.2) is 28.8 Å². The van der Waals surface area contributed by atoms with E-state index >= 15 is 0 Å². The van der Waals surface area contributed by atoms with Crippen molar-refractivity contribution in [3.05, 3.63) is 33.8 Å². The molecule has 104 valence electrons. The van der Waals surface area contributed by atoms with E-state index in [1.165, 1.54) is 15.6 Å². The Morgan fingerprint density at radius 1 is 1.37 bits per heavy atom. The summed E-state index contributed by atoms with van der Waals surface area (Å²) in [5.74, 6) is 2.18. The molecule has 0 spiro atoms. The van der Waals surface area contributed by atoms with Crippen molar-refractivity contribution in [2.24, 2.45) is 0 Å². The molecule has 0 saturated carbocycles. The topological polar surface area (TPSA) is 32.3 Å². The van der Waals surface area contributed by atoms with Crippen LogP contribution in [0.15, 0.2) is 22.7 Å². The Balaban J connectivity index is 1.65. The molecule has 1 aliphatic heterocycles. The standard InChI is InChI=1S/C15H20BrNOS/c16-13-3-1-2-12-11(13)4-5-14(12)17-10-15(18)6-8-19-9-7-15/h1-3,14,17-18H,4-10H2. The van der Waals surface area contributed by atoms with Gasteiger partial charge in [0.2, 0.25) is 0 Å². The third kappa shape index (κ3) is 3.02. The summed E-state index contributed by atoms with van der Waals surface area (Å²) in [7, 11) is 0. The van der Waals surface area contributed by atoms with E-state index in [0.717, 1.165) is 43.7 Å². The van der Waals surface area contributed by atoms with Crippen LogP contribution in [0.3, 0.4) is 0 Å². The SMILES string of the molecule is OC1(CNC2CCc3c(Br)cccc32)CCSCC1. The van der Waals surface area contributed by atoms with Crippen molar-refractivity contribution >= 4 is 27.7 Å². The summed E-state index contributed by atoms with van der Waals surface area (Å²) in [4.78, 5) is 0. The third-order valence-corrected chi connectivity index (χ3v) is 6.04. The number of aliphatic hydroxyl groups is 1. The molecule has 1 heterocycles. The van der Waals surface area contributed by atoms with Crippen LogP contribution in [0, 0.1) is 0 Å². The van der Waals surface area contributed by atoms with E-state index in [1.807, 2.05) is 11.8 Å². The molecule has 1 aromatic rings. The van der Waals surface area contributed by atoms with Crippen LogP contribution in [0.5, 0.6) is 0 Å². The second-order valence-corrected chi connectivity index (χ2v) is 7.70. The molecule has 0 radical (unpaired) electrons. The van der Waals surface area contributed by atoms with Gasteiger partial charge in [0.1, 0.15) is 0 Å². The fraction of sp³-hybridized carbons (Fsp3) is 0.600. The van der Waals surface area contributed by atoms with Crippen molar-refractivity contribution in [2.45, 2.75) is 37.3 Å². The third-order valence-electron chi connectivity index (χ3n) is 4.31. The first-order valence-corrected chi connectivity index (χ1v) is 8.94. The highest BCUT2D eigenvalue weighted by Crippen LogP contribution is 2.36. The first-order valence-electron chi connectivity index (χ1n) is 6.99. The van der Waals surface area contributed by atoms with E-state index in [4.69, 9.17) is 0 Å². The summed E-state index contributed by atoms with van der Waals surface area (Å²) in [5.41, 5.74) is 2.36. The fourth-order valence-corrected chi connectivity index (χ4v) is 4.90. The number of hydrogen-bond donors (Lipinski definition) is 2. The van der Waals surface area contributed by atoms with Crippen LogP contribution in [0.4, 0.5) is 0 Å². The monoisotopic (exact) mass is 341 g/mol. The van der Waals surface area contributed by atoms with Gasteiger partial charge in [0.25, 0.3) is 0 Å². The molecular formula is C15H20BrNOS. The van der Waals surface area contributed by atoms with Gasteiger partial charge in [0.15, 0.2) is 0 Å². The summed E-state index contributed by atoms with van der Waals surface area (Å²) in [5, 5.41) is 14.1. The Hall–Kier alpha value is -0.0300. The van der Waals surface area contributed by atoms with Gasteiger partial charge in [-0.15, -0.1) is 0 Å². The molecule has 2 N–H and O–H groups in total. The van der Waals surface area contributed by atoms with Crippen molar-refractivity contribution in [1.29, 1.82) is 0 Å². The van der Waals surface area contributed by atoms with Gasteiger partial charge in [-0.3, -0.25) is 0 Å². The van der Waals surface area contributed by atoms with Crippen LogP contribution in [-0.2, 0) is 6.42 Å². The molecule has 0 aromatic heterocycles. The zero-order chi connectivity index (χ0) is 13.3. The first kappa shape index (κ1) is 13.9. The Morgan fingerprint density at radius 3 is 2.95 bits per heavy atom. The van der Waals surface area contributed by atoms with Crippen LogP contribution < -0.4 is 5.32 Å². The van der Waals surface area contributed by atoms with E-state index in [2.05, 4.69) is 39.4 Å². The van der Waals surface area contributed by atoms with Gasteiger partial charge in [-0.25, -0.2) is 0 Å². The number of fused-ring (bicyclic) bond motifs is 1.